The molecule has 4 fully saturated rings. The smallest absolute Gasteiger partial charge is 0.280 e. The number of halogens is 2. The minimum absolute atomic E-state index is 0.0520. The van der Waals surface area contributed by atoms with Crippen molar-refractivity contribution in [2.24, 2.45) is 10.8 Å². The van der Waals surface area contributed by atoms with Crippen molar-refractivity contribution in [3.63, 3.8) is 0 Å². The van der Waals surface area contributed by atoms with Gasteiger partial charge in [0.2, 0.25) is 0 Å². The molecule has 1 N–H and O–H groups in total. The summed E-state index contributed by atoms with van der Waals surface area (Å²) in [6.07, 6.45) is -0.418. The first kappa shape index (κ1) is 17.9. The highest BCUT2D eigenvalue weighted by Gasteiger charge is 2.63. The van der Waals surface area contributed by atoms with Crippen LogP contribution in [0.5, 0.6) is 0 Å². The van der Waals surface area contributed by atoms with Gasteiger partial charge in [0.15, 0.2) is 9.84 Å². The lowest BCUT2D eigenvalue weighted by Crippen LogP contribution is -2.80. The van der Waals surface area contributed by atoms with Gasteiger partial charge >= 0.3 is 0 Å². The lowest BCUT2D eigenvalue weighted by molar-refractivity contribution is -0.208. The normalized spacial score (nSPS) is 29.3. The summed E-state index contributed by atoms with van der Waals surface area (Å²) < 4.78 is 57.2. The fourth-order valence-corrected chi connectivity index (χ4v) is 7.32. The first-order valence-electron chi connectivity index (χ1n) is 9.30. The molecule has 1 saturated carbocycles. The van der Waals surface area contributed by atoms with E-state index in [-0.39, 0.29) is 16.0 Å². The summed E-state index contributed by atoms with van der Waals surface area (Å²) in [6.45, 7) is 5.42. The Morgan fingerprint density at radius 3 is 2.48 bits per heavy atom. The standard InChI is InChI=1S/C18H23F2N3O3S/c1-11-14(3-2-13(22-11)15(19)20)27(24,25)16-18(6-21-16)7-23(8-18)12-4-17(5-12)9-26-10-17/h2-3,12,15-16,21H,4-10H2,1H3. The summed E-state index contributed by atoms with van der Waals surface area (Å²) in [4.78, 5) is 6.23. The Balaban J connectivity index is 1.29. The van der Waals surface area contributed by atoms with Crippen LogP contribution in [0.4, 0.5) is 8.78 Å². The third kappa shape index (κ3) is 2.51. The van der Waals surface area contributed by atoms with E-state index in [0.717, 1.165) is 45.2 Å². The molecular weight excluding hydrogens is 376 g/mol. The number of likely N-dealkylation sites (tertiary alicyclic amines) is 1. The fourth-order valence-electron chi connectivity index (χ4n) is 5.15. The molecule has 5 rings (SSSR count). The second kappa shape index (κ2) is 5.68. The quantitative estimate of drug-likeness (QED) is 0.828. The van der Waals surface area contributed by atoms with E-state index in [9.17, 15) is 17.2 Å². The summed E-state index contributed by atoms with van der Waals surface area (Å²) in [5.41, 5.74) is -0.132. The molecule has 148 valence electrons. The lowest BCUT2D eigenvalue weighted by Gasteiger charge is -2.66. The van der Waals surface area contributed by atoms with Crippen molar-refractivity contribution in [3.8, 4) is 0 Å². The van der Waals surface area contributed by atoms with Crippen LogP contribution in [0.25, 0.3) is 0 Å². The van der Waals surface area contributed by atoms with Crippen molar-refractivity contribution in [2.45, 2.75) is 42.5 Å². The van der Waals surface area contributed by atoms with Crippen molar-refractivity contribution in [2.75, 3.05) is 32.8 Å². The summed E-state index contributed by atoms with van der Waals surface area (Å²) in [6, 6.07) is 2.92. The Bertz CT molecular complexity index is 874. The van der Waals surface area contributed by atoms with E-state index in [1.54, 1.807) is 0 Å². The van der Waals surface area contributed by atoms with E-state index in [0.29, 0.717) is 18.0 Å². The highest BCUT2D eigenvalue weighted by molar-refractivity contribution is 7.92. The largest absolute Gasteiger partial charge is 0.380 e. The van der Waals surface area contributed by atoms with Gasteiger partial charge in [-0.2, -0.15) is 0 Å². The SMILES string of the molecule is Cc1nc(C(F)F)ccc1S(=O)(=O)C1NCC12CN(C1CC3(COC3)C1)C2. The molecule has 4 aliphatic rings. The molecule has 0 amide bonds. The molecule has 1 aliphatic carbocycles. The Hall–Kier alpha value is -1.16. The maximum Gasteiger partial charge on any atom is 0.280 e. The molecule has 1 aromatic rings. The number of ether oxygens (including phenoxy) is 1. The molecule has 0 radical (unpaired) electrons. The minimum Gasteiger partial charge on any atom is -0.380 e. The Morgan fingerprint density at radius 1 is 1.30 bits per heavy atom. The number of pyridine rings is 1. The molecule has 1 unspecified atom stereocenters. The first-order valence-corrected chi connectivity index (χ1v) is 10.8. The number of alkyl halides is 2. The van der Waals surface area contributed by atoms with Crippen LogP contribution in [-0.2, 0) is 14.6 Å². The number of nitrogens with one attached hydrogen (secondary N) is 1. The van der Waals surface area contributed by atoms with Gasteiger partial charge in [0.1, 0.15) is 11.1 Å². The van der Waals surface area contributed by atoms with Gasteiger partial charge in [0.25, 0.3) is 6.43 Å². The molecule has 0 bridgehead atoms. The van der Waals surface area contributed by atoms with Crippen LogP contribution in [0.2, 0.25) is 0 Å². The number of aryl methyl sites for hydroxylation is 1. The topological polar surface area (TPSA) is 71.5 Å². The van der Waals surface area contributed by atoms with Crippen molar-refractivity contribution in [1.82, 2.24) is 15.2 Å². The number of sulfone groups is 1. The van der Waals surface area contributed by atoms with E-state index in [1.807, 2.05) is 0 Å². The molecule has 27 heavy (non-hydrogen) atoms. The molecule has 3 aliphatic heterocycles. The molecule has 6 nitrogen and oxygen atoms in total. The average molecular weight is 399 g/mol. The van der Waals surface area contributed by atoms with Gasteiger partial charge < -0.3 is 4.74 Å². The second-order valence-corrected chi connectivity index (χ2v) is 10.7. The molecule has 0 aromatic carbocycles. The van der Waals surface area contributed by atoms with Crippen LogP contribution in [-0.4, -0.2) is 62.6 Å². The van der Waals surface area contributed by atoms with Gasteiger partial charge in [0, 0.05) is 36.5 Å². The number of rotatable bonds is 4. The highest BCUT2D eigenvalue weighted by atomic mass is 32.2. The Labute approximate surface area is 157 Å². The van der Waals surface area contributed by atoms with Gasteiger partial charge in [-0.05, 0) is 31.9 Å². The van der Waals surface area contributed by atoms with E-state index in [2.05, 4.69) is 15.2 Å². The molecule has 2 spiro atoms. The van der Waals surface area contributed by atoms with Crippen LogP contribution in [0.1, 0.15) is 30.7 Å². The molecule has 3 saturated heterocycles. The van der Waals surface area contributed by atoms with Crippen LogP contribution >= 0.6 is 0 Å². The minimum atomic E-state index is -3.66. The van der Waals surface area contributed by atoms with Crippen LogP contribution in [0, 0.1) is 17.8 Å². The first-order chi connectivity index (χ1) is 12.7. The van der Waals surface area contributed by atoms with Gasteiger partial charge in [-0.1, -0.05) is 0 Å². The van der Waals surface area contributed by atoms with Crippen molar-refractivity contribution < 1.29 is 21.9 Å². The summed E-state index contributed by atoms with van der Waals surface area (Å²) >= 11 is 0. The Kier molecular flexibility index (Phi) is 3.77. The van der Waals surface area contributed by atoms with Gasteiger partial charge in [0.05, 0.1) is 23.8 Å². The molecule has 1 atom stereocenters. The molecule has 1 aromatic heterocycles. The summed E-state index contributed by atoms with van der Waals surface area (Å²) in [5, 5.41) is 2.40. The number of aromatic nitrogens is 1. The molecule has 4 heterocycles. The lowest BCUT2D eigenvalue weighted by atomic mass is 9.61. The highest BCUT2D eigenvalue weighted by Crippen LogP contribution is 2.53. The van der Waals surface area contributed by atoms with Gasteiger partial charge in [-0.25, -0.2) is 17.2 Å². The summed E-state index contributed by atoms with van der Waals surface area (Å²) in [5.74, 6) is 0. The third-order valence-electron chi connectivity index (χ3n) is 6.80. The van der Waals surface area contributed by atoms with Gasteiger partial charge in [-0.15, -0.1) is 0 Å². The zero-order chi connectivity index (χ0) is 19.0. The zero-order valence-corrected chi connectivity index (χ0v) is 15.9. The monoisotopic (exact) mass is 399 g/mol. The van der Waals surface area contributed by atoms with Crippen LogP contribution < -0.4 is 5.32 Å². The third-order valence-corrected chi connectivity index (χ3v) is 9.13. The van der Waals surface area contributed by atoms with Gasteiger partial charge in [-0.3, -0.25) is 15.2 Å². The van der Waals surface area contributed by atoms with Crippen molar-refractivity contribution in [3.05, 3.63) is 23.5 Å². The van der Waals surface area contributed by atoms with E-state index < -0.39 is 27.3 Å². The maximum absolute atomic E-state index is 13.1. The maximum atomic E-state index is 13.1. The predicted molar refractivity (Wildman–Crippen MR) is 93.2 cm³/mol. The average Bonchev–Trinajstić information content (AvgIpc) is 2.43. The van der Waals surface area contributed by atoms with Crippen molar-refractivity contribution in [1.29, 1.82) is 0 Å². The predicted octanol–water partition coefficient (Wildman–Crippen LogP) is 1.51. The van der Waals surface area contributed by atoms with E-state index in [1.165, 1.54) is 13.0 Å². The second-order valence-electron chi connectivity index (χ2n) is 8.75. The van der Waals surface area contributed by atoms with Crippen LogP contribution in [0.15, 0.2) is 17.0 Å². The zero-order valence-electron chi connectivity index (χ0n) is 15.1. The van der Waals surface area contributed by atoms with E-state index >= 15 is 0 Å². The summed E-state index contributed by atoms with van der Waals surface area (Å²) in [7, 11) is -3.66. The fraction of sp³-hybridized carbons (Fsp3) is 0.722. The number of hydrogen-bond donors (Lipinski definition) is 1. The number of nitrogens with zero attached hydrogens (tertiary/aromatic N) is 2. The number of hydrogen-bond acceptors (Lipinski definition) is 6. The molecule has 9 heteroatoms. The van der Waals surface area contributed by atoms with Crippen molar-refractivity contribution >= 4 is 9.84 Å². The molecular formula is C18H23F2N3O3S. The van der Waals surface area contributed by atoms with Crippen LogP contribution in [0.3, 0.4) is 0 Å². The Morgan fingerprint density at radius 2 is 2.00 bits per heavy atom. The van der Waals surface area contributed by atoms with E-state index in [4.69, 9.17) is 4.74 Å².